The molecule has 162 valence electrons. The van der Waals surface area contributed by atoms with Gasteiger partial charge in [0.1, 0.15) is 22.7 Å². The van der Waals surface area contributed by atoms with Crippen LogP contribution in [0.4, 0.5) is 0 Å². The summed E-state index contributed by atoms with van der Waals surface area (Å²) < 4.78 is 12.0. The first-order valence-corrected chi connectivity index (χ1v) is 11.3. The molecule has 0 radical (unpaired) electrons. The first-order chi connectivity index (χ1) is 15.9. The molecule has 0 fully saturated rings. The molecular weight excluding hydrogens is 406 g/mol. The number of fused-ring (bicyclic) bond motifs is 3. The largest absolute Gasteiger partial charge is 0.461 e. The Morgan fingerprint density at radius 2 is 1.52 bits per heavy atom. The molecule has 0 aliphatic rings. The number of nitrogens with zero attached hydrogens (tertiary/aromatic N) is 1. The maximum Gasteiger partial charge on any atom is 0.138 e. The van der Waals surface area contributed by atoms with Gasteiger partial charge in [0, 0.05) is 28.1 Å². The van der Waals surface area contributed by atoms with Crippen molar-refractivity contribution in [2.75, 3.05) is 0 Å². The second kappa shape index (κ2) is 7.08. The number of pyridine rings is 1. The molecule has 3 nitrogen and oxygen atoms in total. The first-order valence-electron chi connectivity index (χ1n) is 11.3. The fraction of sp³-hybridized carbons (Fsp3) is 0.167. The van der Waals surface area contributed by atoms with E-state index in [0.717, 1.165) is 50.3 Å². The summed E-state index contributed by atoms with van der Waals surface area (Å²) in [6, 6.07) is 25.4. The monoisotopic (exact) mass is 431 g/mol. The highest BCUT2D eigenvalue weighted by Gasteiger charge is 2.20. The van der Waals surface area contributed by atoms with Crippen molar-refractivity contribution in [3.63, 3.8) is 0 Å². The Bertz CT molecular complexity index is 1660. The predicted octanol–water partition coefficient (Wildman–Crippen LogP) is 8.67. The third kappa shape index (κ3) is 3.32. The van der Waals surface area contributed by atoms with Gasteiger partial charge < -0.3 is 8.83 Å². The molecular formula is C30H25NO2. The van der Waals surface area contributed by atoms with Crippen LogP contribution in [0, 0.1) is 6.92 Å². The minimum atomic E-state index is 0.0171. The molecule has 6 rings (SSSR count). The molecule has 0 unspecified atom stereocenters. The number of furan rings is 2. The zero-order valence-electron chi connectivity index (χ0n) is 19.3. The Morgan fingerprint density at radius 3 is 2.36 bits per heavy atom. The summed E-state index contributed by atoms with van der Waals surface area (Å²) in [7, 11) is 0. The molecule has 0 N–H and O–H groups in total. The summed E-state index contributed by atoms with van der Waals surface area (Å²) in [4.78, 5) is 4.79. The van der Waals surface area contributed by atoms with Crippen molar-refractivity contribution in [2.45, 2.75) is 33.1 Å². The van der Waals surface area contributed by atoms with E-state index in [4.69, 9.17) is 13.8 Å². The van der Waals surface area contributed by atoms with Gasteiger partial charge in [-0.25, -0.2) is 0 Å². The van der Waals surface area contributed by atoms with Gasteiger partial charge in [-0.2, -0.15) is 0 Å². The summed E-state index contributed by atoms with van der Waals surface area (Å²) in [6.07, 6.45) is 1.83. The van der Waals surface area contributed by atoms with Crippen LogP contribution in [0.25, 0.3) is 55.3 Å². The van der Waals surface area contributed by atoms with Gasteiger partial charge in [-0.05, 0) is 77.2 Å². The maximum absolute atomic E-state index is 6.29. The third-order valence-electron chi connectivity index (χ3n) is 6.31. The molecule has 3 aromatic carbocycles. The average molecular weight is 432 g/mol. The zero-order valence-corrected chi connectivity index (χ0v) is 19.3. The minimum Gasteiger partial charge on any atom is -0.461 e. The van der Waals surface area contributed by atoms with E-state index in [0.29, 0.717) is 0 Å². The van der Waals surface area contributed by atoms with Crippen molar-refractivity contribution >= 4 is 32.7 Å². The van der Waals surface area contributed by atoms with Crippen molar-refractivity contribution in [1.29, 1.82) is 0 Å². The van der Waals surface area contributed by atoms with Gasteiger partial charge in [-0.15, -0.1) is 0 Å². The van der Waals surface area contributed by atoms with Crippen molar-refractivity contribution in [3.05, 3.63) is 90.3 Å². The number of aryl methyl sites for hydroxylation is 1. The van der Waals surface area contributed by atoms with Gasteiger partial charge in [-0.3, -0.25) is 4.98 Å². The summed E-state index contributed by atoms with van der Waals surface area (Å²) in [5, 5.41) is 4.61. The van der Waals surface area contributed by atoms with Gasteiger partial charge in [0.15, 0.2) is 0 Å². The minimum absolute atomic E-state index is 0.0171. The highest BCUT2D eigenvalue weighted by atomic mass is 16.3. The quantitative estimate of drug-likeness (QED) is 0.275. The predicted molar refractivity (Wildman–Crippen MR) is 136 cm³/mol. The van der Waals surface area contributed by atoms with Gasteiger partial charge in [0.2, 0.25) is 0 Å². The standard InChI is InChI=1S/C30H25NO2/c1-18-13-21-15-20(9-10-26(21)32-18)28-17-24-27(33-28)11-12-31-29(24)22-14-19-7-5-6-8-23(19)25(16-22)30(2,3)4/h5-17H,1-4H3. The number of benzene rings is 3. The molecule has 0 amide bonds. The van der Waals surface area contributed by atoms with E-state index in [2.05, 4.69) is 75.4 Å². The zero-order chi connectivity index (χ0) is 22.7. The van der Waals surface area contributed by atoms with Crippen LogP contribution >= 0.6 is 0 Å². The van der Waals surface area contributed by atoms with Crippen LogP contribution in [0.5, 0.6) is 0 Å². The van der Waals surface area contributed by atoms with Gasteiger partial charge in [-0.1, -0.05) is 45.0 Å². The van der Waals surface area contributed by atoms with Crippen LogP contribution in [0.2, 0.25) is 0 Å². The average Bonchev–Trinajstić information content (AvgIpc) is 3.39. The smallest absolute Gasteiger partial charge is 0.138 e. The highest BCUT2D eigenvalue weighted by molar-refractivity contribution is 5.98. The third-order valence-corrected chi connectivity index (χ3v) is 6.31. The molecule has 0 atom stereocenters. The Hall–Kier alpha value is -3.85. The van der Waals surface area contributed by atoms with E-state index in [1.807, 2.05) is 31.3 Å². The fourth-order valence-corrected chi connectivity index (χ4v) is 4.73. The fourth-order valence-electron chi connectivity index (χ4n) is 4.73. The highest BCUT2D eigenvalue weighted by Crippen LogP contribution is 2.38. The van der Waals surface area contributed by atoms with E-state index in [1.54, 1.807) is 0 Å². The van der Waals surface area contributed by atoms with E-state index in [9.17, 15) is 0 Å². The van der Waals surface area contributed by atoms with Crippen LogP contribution < -0.4 is 0 Å². The summed E-state index contributed by atoms with van der Waals surface area (Å²) in [5.41, 5.74) is 6.14. The lowest BCUT2D eigenvalue weighted by atomic mass is 9.82. The SMILES string of the molecule is Cc1cc2cc(-c3cc4c(-c5cc(C(C)(C)C)c6ccccc6c5)nccc4o3)ccc2o1. The van der Waals surface area contributed by atoms with Crippen molar-refractivity contribution in [1.82, 2.24) is 4.98 Å². The molecule has 0 aliphatic carbocycles. The van der Waals surface area contributed by atoms with Crippen LogP contribution in [-0.2, 0) is 5.41 Å². The lowest BCUT2D eigenvalue weighted by molar-refractivity contribution is 0.578. The molecule has 3 heteroatoms. The van der Waals surface area contributed by atoms with E-state index in [-0.39, 0.29) is 5.41 Å². The lowest BCUT2D eigenvalue weighted by Crippen LogP contribution is -2.12. The Labute approximate surface area is 192 Å². The topological polar surface area (TPSA) is 39.2 Å². The summed E-state index contributed by atoms with van der Waals surface area (Å²) in [6.45, 7) is 8.75. The maximum atomic E-state index is 6.29. The molecule has 0 aliphatic heterocycles. The normalized spacial score (nSPS) is 12.2. The number of rotatable bonds is 2. The van der Waals surface area contributed by atoms with Crippen molar-refractivity contribution in [3.8, 4) is 22.6 Å². The van der Waals surface area contributed by atoms with Crippen LogP contribution in [-0.4, -0.2) is 4.98 Å². The number of hydrogen-bond acceptors (Lipinski definition) is 3. The van der Waals surface area contributed by atoms with Gasteiger partial charge in [0.05, 0.1) is 5.69 Å². The molecule has 0 spiro atoms. The van der Waals surface area contributed by atoms with Crippen molar-refractivity contribution < 1.29 is 8.83 Å². The van der Waals surface area contributed by atoms with Gasteiger partial charge in [0.25, 0.3) is 0 Å². The summed E-state index contributed by atoms with van der Waals surface area (Å²) in [5.74, 6) is 1.74. The molecule has 0 saturated carbocycles. The lowest BCUT2D eigenvalue weighted by Gasteiger charge is -2.22. The van der Waals surface area contributed by atoms with E-state index in [1.165, 1.54) is 16.3 Å². The Balaban J connectivity index is 1.55. The number of hydrogen-bond donors (Lipinski definition) is 0. The van der Waals surface area contributed by atoms with Crippen LogP contribution in [0.15, 0.2) is 87.8 Å². The molecule has 33 heavy (non-hydrogen) atoms. The molecule has 3 aromatic heterocycles. The first kappa shape index (κ1) is 19.8. The molecule has 0 saturated heterocycles. The van der Waals surface area contributed by atoms with E-state index >= 15 is 0 Å². The van der Waals surface area contributed by atoms with E-state index < -0.39 is 0 Å². The second-order valence-electron chi connectivity index (χ2n) is 9.79. The summed E-state index contributed by atoms with van der Waals surface area (Å²) >= 11 is 0. The molecule has 0 bridgehead atoms. The second-order valence-corrected chi connectivity index (χ2v) is 9.79. The van der Waals surface area contributed by atoms with Crippen LogP contribution in [0.1, 0.15) is 32.1 Å². The molecule has 6 aromatic rings. The Morgan fingerprint density at radius 1 is 0.697 bits per heavy atom. The molecule has 3 heterocycles. The Kier molecular flexibility index (Phi) is 4.25. The van der Waals surface area contributed by atoms with Gasteiger partial charge >= 0.3 is 0 Å². The number of aromatic nitrogens is 1. The van der Waals surface area contributed by atoms with Crippen LogP contribution in [0.3, 0.4) is 0 Å². The van der Waals surface area contributed by atoms with Crippen molar-refractivity contribution in [2.24, 2.45) is 0 Å².